The second kappa shape index (κ2) is 4.65. The van der Waals surface area contributed by atoms with Gasteiger partial charge < -0.3 is 14.3 Å². The first-order chi connectivity index (χ1) is 8.13. The van der Waals surface area contributed by atoms with E-state index in [2.05, 4.69) is 19.2 Å². The Bertz CT molecular complexity index is 522. The summed E-state index contributed by atoms with van der Waals surface area (Å²) in [5, 5.41) is 2.92. The smallest absolute Gasteiger partial charge is 0.268 e. The van der Waals surface area contributed by atoms with Crippen molar-refractivity contribution in [1.82, 2.24) is 9.88 Å². The van der Waals surface area contributed by atoms with Crippen LogP contribution >= 0.6 is 0 Å². The van der Waals surface area contributed by atoms with E-state index < -0.39 is 0 Å². The van der Waals surface area contributed by atoms with Crippen LogP contribution in [0.15, 0.2) is 22.8 Å². The minimum atomic E-state index is -0.0352. The molecule has 0 aliphatic heterocycles. The Labute approximate surface area is 101 Å². The number of hydrogen-bond donors (Lipinski definition) is 1. The highest BCUT2D eigenvalue weighted by atomic mass is 16.3. The molecule has 0 radical (unpaired) electrons. The quantitative estimate of drug-likeness (QED) is 0.884. The fourth-order valence-electron chi connectivity index (χ4n) is 1.89. The Morgan fingerprint density at radius 2 is 2.29 bits per heavy atom. The molecule has 0 saturated carbocycles. The van der Waals surface area contributed by atoms with Crippen molar-refractivity contribution in [2.45, 2.75) is 27.3 Å². The molecule has 0 aliphatic rings. The molecule has 0 aromatic carbocycles. The maximum atomic E-state index is 12.0. The van der Waals surface area contributed by atoms with Gasteiger partial charge in [-0.05, 0) is 12.8 Å². The maximum Gasteiger partial charge on any atom is 0.268 e. The number of aromatic nitrogens is 1. The van der Waals surface area contributed by atoms with Gasteiger partial charge in [-0.1, -0.05) is 13.8 Å². The third kappa shape index (κ3) is 2.20. The van der Waals surface area contributed by atoms with Gasteiger partial charge >= 0.3 is 0 Å². The molecule has 4 heteroatoms. The predicted octanol–water partition coefficient (Wildman–Crippen LogP) is 2.64. The van der Waals surface area contributed by atoms with Gasteiger partial charge in [0.15, 0.2) is 5.58 Å². The normalized spacial score (nSPS) is 11.3. The Balaban J connectivity index is 2.27. The molecular formula is C13H18N2O2. The van der Waals surface area contributed by atoms with Crippen LogP contribution in [0.5, 0.6) is 0 Å². The monoisotopic (exact) mass is 234 g/mol. The zero-order valence-electron chi connectivity index (χ0n) is 10.5. The second-order valence-corrected chi connectivity index (χ2v) is 4.55. The van der Waals surface area contributed by atoms with Gasteiger partial charge in [-0.3, -0.25) is 4.79 Å². The maximum absolute atomic E-state index is 12.0. The summed E-state index contributed by atoms with van der Waals surface area (Å²) in [7, 11) is 0. The molecule has 0 atom stereocenters. The summed E-state index contributed by atoms with van der Waals surface area (Å²) in [6, 6.07) is 3.69. The van der Waals surface area contributed by atoms with E-state index in [-0.39, 0.29) is 5.91 Å². The summed E-state index contributed by atoms with van der Waals surface area (Å²) >= 11 is 0. The van der Waals surface area contributed by atoms with Gasteiger partial charge in [-0.2, -0.15) is 0 Å². The first-order valence-corrected chi connectivity index (χ1v) is 5.98. The summed E-state index contributed by atoms with van der Waals surface area (Å²) in [6.07, 6.45) is 1.65. The highest BCUT2D eigenvalue weighted by molar-refractivity contribution is 5.97. The van der Waals surface area contributed by atoms with E-state index in [9.17, 15) is 4.79 Å². The van der Waals surface area contributed by atoms with E-state index >= 15 is 0 Å². The van der Waals surface area contributed by atoms with Gasteiger partial charge in [0.05, 0.1) is 11.8 Å². The topological polar surface area (TPSA) is 47.2 Å². The van der Waals surface area contributed by atoms with Gasteiger partial charge in [0.25, 0.3) is 5.91 Å². The molecule has 1 N–H and O–H groups in total. The van der Waals surface area contributed by atoms with Gasteiger partial charge in [-0.25, -0.2) is 0 Å². The Morgan fingerprint density at radius 1 is 1.53 bits per heavy atom. The zero-order valence-corrected chi connectivity index (χ0v) is 10.5. The lowest BCUT2D eigenvalue weighted by Crippen LogP contribution is -2.29. The zero-order chi connectivity index (χ0) is 12.4. The summed E-state index contributed by atoms with van der Waals surface area (Å²) < 4.78 is 7.28. The van der Waals surface area contributed by atoms with Gasteiger partial charge in [0, 0.05) is 25.2 Å². The van der Waals surface area contributed by atoms with Crippen LogP contribution in [0.25, 0.3) is 11.1 Å². The summed E-state index contributed by atoms with van der Waals surface area (Å²) in [4.78, 5) is 12.0. The number of nitrogens with one attached hydrogen (secondary N) is 1. The molecule has 2 heterocycles. The minimum Gasteiger partial charge on any atom is -0.463 e. The van der Waals surface area contributed by atoms with Gasteiger partial charge in [0.2, 0.25) is 0 Å². The van der Waals surface area contributed by atoms with Crippen LogP contribution in [0.2, 0.25) is 0 Å². The van der Waals surface area contributed by atoms with Crippen molar-refractivity contribution in [3.63, 3.8) is 0 Å². The van der Waals surface area contributed by atoms with Crippen molar-refractivity contribution < 1.29 is 9.21 Å². The largest absolute Gasteiger partial charge is 0.463 e. The van der Waals surface area contributed by atoms with Crippen molar-refractivity contribution in [3.8, 4) is 0 Å². The molecule has 4 nitrogen and oxygen atoms in total. The highest BCUT2D eigenvalue weighted by Crippen LogP contribution is 2.20. The molecule has 2 aromatic heterocycles. The third-order valence-corrected chi connectivity index (χ3v) is 2.74. The minimum absolute atomic E-state index is 0.0352. The number of hydrogen-bond acceptors (Lipinski definition) is 2. The number of carbonyl (C=O) groups excluding carboxylic acids is 1. The molecule has 0 spiro atoms. The average Bonchev–Trinajstić information content (AvgIpc) is 2.84. The fraction of sp³-hybridized carbons (Fsp3) is 0.462. The second-order valence-electron chi connectivity index (χ2n) is 4.55. The Kier molecular flexibility index (Phi) is 3.22. The molecule has 2 rings (SSSR count). The van der Waals surface area contributed by atoms with Crippen molar-refractivity contribution in [3.05, 3.63) is 24.1 Å². The molecule has 0 unspecified atom stereocenters. The van der Waals surface area contributed by atoms with Crippen LogP contribution in [-0.4, -0.2) is 17.0 Å². The van der Waals surface area contributed by atoms with E-state index in [1.807, 2.05) is 17.6 Å². The van der Waals surface area contributed by atoms with Gasteiger partial charge in [-0.15, -0.1) is 0 Å². The van der Waals surface area contributed by atoms with E-state index in [4.69, 9.17) is 4.42 Å². The van der Waals surface area contributed by atoms with Crippen LogP contribution in [0, 0.1) is 5.92 Å². The van der Waals surface area contributed by atoms with Crippen LogP contribution < -0.4 is 5.32 Å². The molecule has 0 saturated heterocycles. The van der Waals surface area contributed by atoms with Crippen LogP contribution in [0.4, 0.5) is 0 Å². The Hall–Kier alpha value is -1.71. The predicted molar refractivity (Wildman–Crippen MR) is 67.0 cm³/mol. The number of rotatable bonds is 4. The van der Waals surface area contributed by atoms with Crippen LogP contribution in [0.3, 0.4) is 0 Å². The summed E-state index contributed by atoms with van der Waals surface area (Å²) in [5.74, 6) is 0.416. The Morgan fingerprint density at radius 3 is 2.94 bits per heavy atom. The van der Waals surface area contributed by atoms with Crippen molar-refractivity contribution in [2.24, 2.45) is 5.92 Å². The lowest BCUT2D eigenvalue weighted by atomic mass is 10.2. The lowest BCUT2D eigenvalue weighted by Gasteiger charge is -2.09. The van der Waals surface area contributed by atoms with Crippen LogP contribution in [-0.2, 0) is 6.54 Å². The number of carbonyl (C=O) groups is 1. The first-order valence-electron chi connectivity index (χ1n) is 5.98. The van der Waals surface area contributed by atoms with Crippen molar-refractivity contribution in [2.75, 3.05) is 6.54 Å². The van der Waals surface area contributed by atoms with Crippen molar-refractivity contribution >= 4 is 17.0 Å². The molecule has 92 valence electrons. The number of nitrogens with zero attached hydrogens (tertiary/aromatic N) is 1. The summed E-state index contributed by atoms with van der Waals surface area (Å²) in [5.41, 5.74) is 2.41. The molecule has 17 heavy (non-hydrogen) atoms. The number of amides is 1. The first kappa shape index (κ1) is 11.8. The number of aryl methyl sites for hydroxylation is 1. The van der Waals surface area contributed by atoms with E-state index in [1.165, 1.54) is 0 Å². The molecule has 2 aromatic rings. The fourth-order valence-corrected chi connectivity index (χ4v) is 1.89. The molecule has 0 aliphatic carbocycles. The van der Waals surface area contributed by atoms with E-state index in [1.54, 1.807) is 12.3 Å². The van der Waals surface area contributed by atoms with Crippen molar-refractivity contribution in [1.29, 1.82) is 0 Å². The number of fused-ring (bicyclic) bond motifs is 1. The third-order valence-electron chi connectivity index (χ3n) is 2.74. The van der Waals surface area contributed by atoms with E-state index in [0.29, 0.717) is 18.2 Å². The molecular weight excluding hydrogens is 216 g/mol. The average molecular weight is 234 g/mol. The lowest BCUT2D eigenvalue weighted by molar-refractivity contribution is 0.0940. The summed E-state index contributed by atoms with van der Waals surface area (Å²) in [6.45, 7) is 7.62. The molecule has 0 bridgehead atoms. The van der Waals surface area contributed by atoms with Crippen LogP contribution in [0.1, 0.15) is 31.3 Å². The highest BCUT2D eigenvalue weighted by Gasteiger charge is 2.16. The van der Waals surface area contributed by atoms with E-state index in [0.717, 1.165) is 17.6 Å². The van der Waals surface area contributed by atoms with Gasteiger partial charge in [0.1, 0.15) is 5.69 Å². The molecule has 1 amide bonds. The molecule has 0 fully saturated rings. The SMILES string of the molecule is CCn1c(C(=O)NCC(C)C)cc2occc21. The number of furan rings is 1. The standard InChI is InChI=1S/C13H18N2O2/c1-4-15-10-5-6-17-12(10)7-11(15)13(16)14-8-9(2)3/h5-7,9H,4,8H2,1-3H3,(H,14,16).